The minimum atomic E-state index is -2.68. The lowest BCUT2D eigenvalue weighted by molar-refractivity contribution is -0.371. The first kappa shape index (κ1) is 38.9. The van der Waals surface area contributed by atoms with Crippen molar-refractivity contribution in [3.63, 3.8) is 0 Å². The number of hydrogen-bond donors (Lipinski definition) is 2. The second kappa shape index (κ2) is 13.6. The Morgan fingerprint density at radius 2 is 1.31 bits per heavy atom. The minimum Gasteiger partial charge on any atom is -0.462 e. The van der Waals surface area contributed by atoms with E-state index in [9.17, 15) is 39.0 Å². The van der Waals surface area contributed by atoms with E-state index < -0.39 is 106 Å². The normalized spacial score (nSPS) is 37.3. The largest absolute Gasteiger partial charge is 0.462 e. The first-order valence-electron chi connectivity index (χ1n) is 17.0. The van der Waals surface area contributed by atoms with E-state index in [4.69, 9.17) is 33.2 Å². The SMILES string of the molecule is CC(=O)O[C@@H]1C2=C(C)[C@@H](OC(C)=O)[C@H](OC(=O)c3ccccc3)[C@@](O)([C@H](O)[C@@H]3[C@]4(OC(C)=O)CO[C@@H]4C[C@H](OC(C)=O)[C@@]3(C)[C@H]1OC(C)=O)C2(C)C. The number of aliphatic hydroxyl groups is 2. The number of carbonyl (C=O) groups is 6. The van der Waals surface area contributed by atoms with Crippen LogP contribution in [0.25, 0.3) is 0 Å². The molecule has 0 spiro atoms. The molecule has 15 nitrogen and oxygen atoms in total. The van der Waals surface area contributed by atoms with Gasteiger partial charge in [-0.25, -0.2) is 4.79 Å². The van der Waals surface area contributed by atoms with Gasteiger partial charge in [0.15, 0.2) is 30.0 Å². The van der Waals surface area contributed by atoms with Gasteiger partial charge in [0.2, 0.25) is 0 Å². The van der Waals surface area contributed by atoms with Crippen molar-refractivity contribution in [1.82, 2.24) is 0 Å². The quantitative estimate of drug-likeness (QED) is 0.234. The standard InChI is InChI=1S/C37H46O15/c1-17-26-28(49-20(4)40)31(50-21(5)41)35(9)24(47-18(2)38)15-25-36(16-46-25,52-22(6)42)29(35)30(43)37(45,34(26,7)8)32(27(17)48-19(3)39)51-33(44)23-13-11-10-12-14-23/h10-14,24-25,27-32,43,45H,15-16H2,1-9H3/t24-,25+,27+,28+,29-,30+,31-,32-,35+,36-,37-/m0/s1. The number of esters is 6. The smallest absolute Gasteiger partial charge is 0.338 e. The van der Waals surface area contributed by atoms with Crippen LogP contribution in [0.3, 0.4) is 0 Å². The van der Waals surface area contributed by atoms with E-state index in [-0.39, 0.29) is 29.7 Å². The Bertz CT molecular complexity index is 1680. The zero-order valence-electron chi connectivity index (χ0n) is 30.6. The summed E-state index contributed by atoms with van der Waals surface area (Å²) in [6.07, 6.45) is -11.2. The van der Waals surface area contributed by atoms with E-state index in [0.717, 1.165) is 34.6 Å². The fraction of sp³-hybridized carbons (Fsp3) is 0.622. The number of carbonyl (C=O) groups excluding carboxylic acids is 6. The zero-order chi connectivity index (χ0) is 38.7. The summed E-state index contributed by atoms with van der Waals surface area (Å²) in [5, 5.41) is 26.6. The number of rotatable bonds is 7. The molecule has 1 aliphatic heterocycles. The van der Waals surface area contributed by atoms with Crippen LogP contribution < -0.4 is 0 Å². The van der Waals surface area contributed by atoms with Crippen molar-refractivity contribution in [2.75, 3.05) is 6.61 Å². The summed E-state index contributed by atoms with van der Waals surface area (Å²) < 4.78 is 41.7. The van der Waals surface area contributed by atoms with Crippen molar-refractivity contribution < 1.29 is 72.1 Å². The Balaban J connectivity index is 1.93. The van der Waals surface area contributed by atoms with Crippen LogP contribution in [-0.4, -0.2) is 107 Å². The molecule has 11 atom stereocenters. The summed E-state index contributed by atoms with van der Waals surface area (Å²) in [4.78, 5) is 78.2. The molecule has 4 aliphatic rings. The van der Waals surface area contributed by atoms with Gasteiger partial charge in [-0.15, -0.1) is 0 Å². The van der Waals surface area contributed by atoms with Crippen LogP contribution in [0.2, 0.25) is 0 Å². The highest BCUT2D eigenvalue weighted by Crippen LogP contribution is 2.66. The summed E-state index contributed by atoms with van der Waals surface area (Å²) >= 11 is 0. The average Bonchev–Trinajstić information content (AvgIpc) is 3.03. The highest BCUT2D eigenvalue weighted by molar-refractivity contribution is 5.89. The third kappa shape index (κ3) is 5.96. The van der Waals surface area contributed by atoms with Gasteiger partial charge in [-0.2, -0.15) is 0 Å². The van der Waals surface area contributed by atoms with Crippen LogP contribution >= 0.6 is 0 Å². The molecule has 5 rings (SSSR count). The van der Waals surface area contributed by atoms with Crippen molar-refractivity contribution in [2.45, 2.75) is 123 Å². The monoisotopic (exact) mass is 730 g/mol. The second-order valence-corrected chi connectivity index (χ2v) is 14.8. The molecule has 1 aromatic carbocycles. The third-order valence-electron chi connectivity index (χ3n) is 11.3. The molecule has 1 saturated heterocycles. The lowest BCUT2D eigenvalue weighted by Gasteiger charge is -2.69. The van der Waals surface area contributed by atoms with E-state index in [0.29, 0.717) is 0 Å². The lowest BCUT2D eigenvalue weighted by atomic mass is 9.43. The van der Waals surface area contributed by atoms with Gasteiger partial charge in [-0.1, -0.05) is 39.0 Å². The van der Waals surface area contributed by atoms with Crippen LogP contribution in [0.15, 0.2) is 41.5 Å². The Kier molecular flexibility index (Phi) is 10.1. The van der Waals surface area contributed by atoms with Gasteiger partial charge in [0.25, 0.3) is 0 Å². The number of fused-ring (bicyclic) bond motifs is 5. The maximum atomic E-state index is 13.8. The van der Waals surface area contributed by atoms with Crippen LogP contribution in [0.4, 0.5) is 0 Å². The molecule has 0 unspecified atom stereocenters. The minimum absolute atomic E-state index is 0.0727. The van der Waals surface area contributed by atoms with Gasteiger partial charge in [0, 0.05) is 52.4 Å². The van der Waals surface area contributed by atoms with Crippen LogP contribution in [0.5, 0.6) is 0 Å². The maximum Gasteiger partial charge on any atom is 0.338 e. The van der Waals surface area contributed by atoms with E-state index in [2.05, 4.69) is 0 Å². The molecule has 284 valence electrons. The Morgan fingerprint density at radius 3 is 1.81 bits per heavy atom. The van der Waals surface area contributed by atoms with Gasteiger partial charge < -0.3 is 43.4 Å². The van der Waals surface area contributed by atoms with Gasteiger partial charge in [0.05, 0.1) is 23.7 Å². The van der Waals surface area contributed by atoms with Crippen molar-refractivity contribution in [3.8, 4) is 0 Å². The molecule has 0 aromatic heterocycles. The number of hydrogen-bond acceptors (Lipinski definition) is 15. The van der Waals surface area contributed by atoms with Crippen molar-refractivity contribution in [3.05, 3.63) is 47.0 Å². The predicted octanol–water partition coefficient (Wildman–Crippen LogP) is 2.13. The molecular formula is C37H46O15. The molecular weight excluding hydrogens is 684 g/mol. The van der Waals surface area contributed by atoms with E-state index in [1.165, 1.54) is 39.8 Å². The van der Waals surface area contributed by atoms with Crippen molar-refractivity contribution in [1.29, 1.82) is 0 Å². The second-order valence-electron chi connectivity index (χ2n) is 14.8. The maximum absolute atomic E-state index is 13.8. The highest BCUT2D eigenvalue weighted by Gasteiger charge is 2.80. The van der Waals surface area contributed by atoms with Gasteiger partial charge >= 0.3 is 35.8 Å². The van der Waals surface area contributed by atoms with Crippen LogP contribution in [0.1, 0.15) is 79.1 Å². The Hall–Kier alpha value is -4.34. The van der Waals surface area contributed by atoms with E-state index in [1.807, 2.05) is 0 Å². The van der Waals surface area contributed by atoms with Gasteiger partial charge in [0.1, 0.15) is 17.8 Å². The fourth-order valence-corrected chi connectivity index (χ4v) is 9.30. The summed E-state index contributed by atoms with van der Waals surface area (Å²) in [6.45, 7) is 11.4. The van der Waals surface area contributed by atoms with Crippen LogP contribution in [-0.2, 0) is 57.1 Å². The van der Waals surface area contributed by atoms with Crippen molar-refractivity contribution in [2.24, 2.45) is 16.7 Å². The third-order valence-corrected chi connectivity index (χ3v) is 11.3. The molecule has 3 fully saturated rings. The molecule has 2 saturated carbocycles. The first-order valence-corrected chi connectivity index (χ1v) is 17.0. The van der Waals surface area contributed by atoms with E-state index in [1.54, 1.807) is 18.2 Å². The Morgan fingerprint density at radius 1 is 0.750 bits per heavy atom. The zero-order valence-corrected chi connectivity index (χ0v) is 30.6. The van der Waals surface area contributed by atoms with Crippen LogP contribution in [0, 0.1) is 16.7 Å². The molecule has 52 heavy (non-hydrogen) atoms. The van der Waals surface area contributed by atoms with Gasteiger partial charge in [-0.05, 0) is 30.2 Å². The topological polar surface area (TPSA) is 207 Å². The highest BCUT2D eigenvalue weighted by atomic mass is 16.6. The summed E-state index contributed by atoms with van der Waals surface area (Å²) in [5.74, 6) is -6.58. The summed E-state index contributed by atoms with van der Waals surface area (Å²) in [7, 11) is 0. The molecule has 2 bridgehead atoms. The lowest BCUT2D eigenvalue weighted by Crippen LogP contribution is -2.84. The molecule has 1 aromatic rings. The molecule has 15 heteroatoms. The number of ether oxygens (including phenoxy) is 7. The molecule has 1 heterocycles. The number of benzene rings is 1. The molecule has 0 radical (unpaired) electrons. The average molecular weight is 731 g/mol. The fourth-order valence-electron chi connectivity index (χ4n) is 9.30. The Labute approximate surface area is 300 Å². The first-order chi connectivity index (χ1) is 24.1. The predicted molar refractivity (Wildman–Crippen MR) is 176 cm³/mol. The molecule has 3 aliphatic carbocycles. The van der Waals surface area contributed by atoms with Gasteiger partial charge in [-0.3, -0.25) is 24.0 Å². The number of aliphatic hydroxyl groups excluding tert-OH is 1. The molecule has 0 amide bonds. The van der Waals surface area contributed by atoms with Crippen molar-refractivity contribution >= 4 is 35.8 Å². The summed E-state index contributed by atoms with van der Waals surface area (Å²) in [5.41, 5.74) is -7.75. The van der Waals surface area contributed by atoms with E-state index >= 15 is 0 Å². The summed E-state index contributed by atoms with van der Waals surface area (Å²) in [6, 6.07) is 7.80. The molecule has 2 N–H and O–H groups in total.